The minimum atomic E-state index is 0.511. The van der Waals surface area contributed by atoms with Crippen LogP contribution in [-0.4, -0.2) is 55.1 Å². The zero-order chi connectivity index (χ0) is 14.8. The minimum Gasteiger partial charge on any atom is -0.309 e. The first-order valence-electron chi connectivity index (χ1n) is 8.46. The largest absolute Gasteiger partial charge is 0.309 e. The van der Waals surface area contributed by atoms with Crippen molar-refractivity contribution in [1.82, 2.24) is 15.1 Å². The number of rotatable bonds is 4. The molecule has 3 heteroatoms. The second-order valence-corrected chi connectivity index (χ2v) is 6.73. The monoisotopic (exact) mass is 287 g/mol. The molecule has 0 radical (unpaired) electrons. The molecule has 0 bridgehead atoms. The first kappa shape index (κ1) is 15.0. The van der Waals surface area contributed by atoms with Gasteiger partial charge in [0, 0.05) is 37.8 Å². The van der Waals surface area contributed by atoms with Gasteiger partial charge < -0.3 is 10.2 Å². The van der Waals surface area contributed by atoms with E-state index in [1.54, 1.807) is 5.56 Å². The molecule has 3 atom stereocenters. The second-order valence-electron chi connectivity index (χ2n) is 6.73. The summed E-state index contributed by atoms with van der Waals surface area (Å²) in [6, 6.07) is 10.8. The van der Waals surface area contributed by atoms with Gasteiger partial charge in [-0.05, 0) is 44.5 Å². The van der Waals surface area contributed by atoms with Crippen LogP contribution in [0.25, 0.3) is 0 Å². The zero-order valence-corrected chi connectivity index (χ0v) is 13.7. The molecule has 1 aromatic rings. The van der Waals surface area contributed by atoms with E-state index in [2.05, 4.69) is 60.3 Å². The summed E-state index contributed by atoms with van der Waals surface area (Å²) in [5, 5.41) is 3.81. The molecule has 0 spiro atoms. The molecular weight excluding hydrogens is 258 g/mol. The Morgan fingerprint density at radius 2 is 2.05 bits per heavy atom. The van der Waals surface area contributed by atoms with Gasteiger partial charge in [0.15, 0.2) is 0 Å². The number of hydrogen-bond acceptors (Lipinski definition) is 3. The number of benzene rings is 1. The Morgan fingerprint density at radius 1 is 1.24 bits per heavy atom. The predicted octanol–water partition coefficient (Wildman–Crippen LogP) is 2.29. The average molecular weight is 287 g/mol. The average Bonchev–Trinajstić information content (AvgIpc) is 2.86. The van der Waals surface area contributed by atoms with Crippen LogP contribution in [0, 0.1) is 0 Å². The predicted molar refractivity (Wildman–Crippen MR) is 88.6 cm³/mol. The molecule has 1 fully saturated rings. The lowest BCUT2D eigenvalue weighted by atomic mass is 10.0. The summed E-state index contributed by atoms with van der Waals surface area (Å²) >= 11 is 0. The first-order valence-corrected chi connectivity index (χ1v) is 8.46. The van der Waals surface area contributed by atoms with Gasteiger partial charge in [-0.1, -0.05) is 31.2 Å². The van der Waals surface area contributed by atoms with Crippen LogP contribution >= 0.6 is 0 Å². The summed E-state index contributed by atoms with van der Waals surface area (Å²) in [6.07, 6.45) is 2.40. The van der Waals surface area contributed by atoms with Gasteiger partial charge in [-0.15, -0.1) is 0 Å². The molecule has 1 N–H and O–H groups in total. The Kier molecular flexibility index (Phi) is 4.63. The Labute approximate surface area is 129 Å². The Morgan fingerprint density at radius 3 is 2.81 bits per heavy atom. The van der Waals surface area contributed by atoms with Crippen LogP contribution in [0.3, 0.4) is 0 Å². The molecule has 0 amide bonds. The SMILES string of the molecule is CCCNC1c2ccccc2CC1N1CCN(C)C(C)C1. The minimum absolute atomic E-state index is 0.511. The van der Waals surface area contributed by atoms with Crippen molar-refractivity contribution in [3.63, 3.8) is 0 Å². The topological polar surface area (TPSA) is 18.5 Å². The third kappa shape index (κ3) is 3.01. The van der Waals surface area contributed by atoms with Crippen molar-refractivity contribution < 1.29 is 0 Å². The van der Waals surface area contributed by atoms with Gasteiger partial charge in [0.25, 0.3) is 0 Å². The molecule has 2 aliphatic rings. The van der Waals surface area contributed by atoms with Gasteiger partial charge in [-0.2, -0.15) is 0 Å². The number of likely N-dealkylation sites (N-methyl/N-ethyl adjacent to an activating group) is 1. The summed E-state index contributed by atoms with van der Waals surface area (Å²) < 4.78 is 0. The number of nitrogens with zero attached hydrogens (tertiary/aromatic N) is 2. The van der Waals surface area contributed by atoms with E-state index in [9.17, 15) is 0 Å². The molecule has 3 unspecified atom stereocenters. The fourth-order valence-corrected chi connectivity index (χ4v) is 3.84. The fraction of sp³-hybridized carbons (Fsp3) is 0.667. The van der Waals surface area contributed by atoms with Gasteiger partial charge in [0.2, 0.25) is 0 Å². The number of fused-ring (bicyclic) bond motifs is 1. The molecule has 3 nitrogen and oxygen atoms in total. The Hall–Kier alpha value is -0.900. The first-order chi connectivity index (χ1) is 10.2. The highest BCUT2D eigenvalue weighted by atomic mass is 15.3. The molecule has 1 aliphatic heterocycles. The van der Waals surface area contributed by atoms with Crippen molar-refractivity contribution in [1.29, 1.82) is 0 Å². The summed E-state index contributed by atoms with van der Waals surface area (Å²) in [4.78, 5) is 5.20. The summed E-state index contributed by atoms with van der Waals surface area (Å²) in [5.74, 6) is 0. The van der Waals surface area contributed by atoms with E-state index in [1.807, 2.05) is 0 Å². The van der Waals surface area contributed by atoms with E-state index in [-0.39, 0.29) is 0 Å². The van der Waals surface area contributed by atoms with Crippen LogP contribution in [0.1, 0.15) is 37.4 Å². The highest BCUT2D eigenvalue weighted by Gasteiger charge is 2.37. The molecule has 1 heterocycles. The van der Waals surface area contributed by atoms with Crippen LogP contribution in [0.15, 0.2) is 24.3 Å². The fourth-order valence-electron chi connectivity index (χ4n) is 3.84. The smallest absolute Gasteiger partial charge is 0.0484 e. The third-order valence-corrected chi connectivity index (χ3v) is 5.28. The molecule has 21 heavy (non-hydrogen) atoms. The Bertz CT molecular complexity index is 473. The van der Waals surface area contributed by atoms with Crippen LogP contribution in [0.4, 0.5) is 0 Å². The van der Waals surface area contributed by atoms with Gasteiger partial charge in [-0.25, -0.2) is 0 Å². The van der Waals surface area contributed by atoms with Crippen molar-refractivity contribution in [3.8, 4) is 0 Å². The van der Waals surface area contributed by atoms with Gasteiger partial charge in [0.1, 0.15) is 0 Å². The van der Waals surface area contributed by atoms with Crippen molar-refractivity contribution >= 4 is 0 Å². The van der Waals surface area contributed by atoms with Crippen LogP contribution < -0.4 is 5.32 Å². The van der Waals surface area contributed by atoms with E-state index in [4.69, 9.17) is 0 Å². The normalized spacial score (nSPS) is 30.5. The molecular formula is C18H29N3. The summed E-state index contributed by atoms with van der Waals surface area (Å²) in [5.41, 5.74) is 3.07. The lowest BCUT2D eigenvalue weighted by molar-refractivity contribution is 0.0614. The van der Waals surface area contributed by atoms with Gasteiger partial charge in [0.05, 0.1) is 0 Å². The molecule has 1 aliphatic carbocycles. The highest BCUT2D eigenvalue weighted by Crippen LogP contribution is 2.35. The third-order valence-electron chi connectivity index (χ3n) is 5.28. The van der Waals surface area contributed by atoms with Crippen molar-refractivity contribution in [3.05, 3.63) is 35.4 Å². The number of nitrogens with one attached hydrogen (secondary N) is 1. The van der Waals surface area contributed by atoms with Crippen molar-refractivity contribution in [2.75, 3.05) is 33.2 Å². The van der Waals surface area contributed by atoms with Crippen molar-refractivity contribution in [2.45, 2.75) is 44.8 Å². The quantitative estimate of drug-likeness (QED) is 0.916. The van der Waals surface area contributed by atoms with E-state index in [0.717, 1.165) is 6.54 Å². The summed E-state index contributed by atoms with van der Waals surface area (Å²) in [7, 11) is 2.25. The highest BCUT2D eigenvalue weighted by molar-refractivity contribution is 5.37. The zero-order valence-electron chi connectivity index (χ0n) is 13.7. The molecule has 0 aromatic heterocycles. The number of hydrogen-bond donors (Lipinski definition) is 1. The van der Waals surface area contributed by atoms with Crippen LogP contribution in [0.5, 0.6) is 0 Å². The maximum Gasteiger partial charge on any atom is 0.0484 e. The maximum atomic E-state index is 3.81. The van der Waals surface area contributed by atoms with E-state index < -0.39 is 0 Å². The van der Waals surface area contributed by atoms with E-state index in [1.165, 1.54) is 38.0 Å². The van der Waals surface area contributed by atoms with E-state index >= 15 is 0 Å². The van der Waals surface area contributed by atoms with Crippen LogP contribution in [0.2, 0.25) is 0 Å². The standard InChI is InChI=1S/C18H29N3/c1-4-9-19-18-16-8-6-5-7-15(16)12-17(18)21-11-10-20(3)14(2)13-21/h5-8,14,17-19H,4,9-13H2,1-3H3. The maximum absolute atomic E-state index is 3.81. The summed E-state index contributed by atoms with van der Waals surface area (Å²) in [6.45, 7) is 9.29. The molecule has 0 saturated carbocycles. The molecule has 1 saturated heterocycles. The van der Waals surface area contributed by atoms with Gasteiger partial charge >= 0.3 is 0 Å². The second kappa shape index (κ2) is 6.47. The molecule has 116 valence electrons. The molecule has 3 rings (SSSR count). The molecule has 1 aromatic carbocycles. The van der Waals surface area contributed by atoms with Crippen LogP contribution in [-0.2, 0) is 6.42 Å². The van der Waals surface area contributed by atoms with Crippen molar-refractivity contribution in [2.24, 2.45) is 0 Å². The lowest BCUT2D eigenvalue weighted by Gasteiger charge is -2.42. The Balaban J connectivity index is 1.78. The number of piperazine rings is 1. The van der Waals surface area contributed by atoms with E-state index in [0.29, 0.717) is 18.1 Å². The lowest BCUT2D eigenvalue weighted by Crippen LogP contribution is -2.55. The van der Waals surface area contributed by atoms with Gasteiger partial charge in [-0.3, -0.25) is 4.90 Å².